The van der Waals surface area contributed by atoms with Crippen molar-refractivity contribution >= 4 is 39.4 Å². The molecule has 0 unspecified atom stereocenters. The highest BCUT2D eigenvalue weighted by Gasteiger charge is 2.20. The SMILES string of the molecule is Cc1ccc(-n2cnc3c(c2=O)c2nc4ccccc4nc2n3/N=C/c2ccccc2)cc1. The maximum atomic E-state index is 13.6. The fourth-order valence-electron chi connectivity index (χ4n) is 3.88. The largest absolute Gasteiger partial charge is 0.269 e. The zero-order valence-electron chi connectivity index (χ0n) is 17.8. The van der Waals surface area contributed by atoms with Gasteiger partial charge in [-0.05, 0) is 36.8 Å². The first-order chi connectivity index (χ1) is 16.2. The summed E-state index contributed by atoms with van der Waals surface area (Å²) in [7, 11) is 0. The standard InChI is InChI=1S/C26H18N6O/c1-17-11-13-19(14-12-17)31-16-27-24-22(26(31)33)23-25(30-21-10-6-5-9-20(21)29-23)32(24)28-15-18-7-3-2-4-8-18/h2-16H,1H3/b28-15+. The molecule has 0 N–H and O–H groups in total. The van der Waals surface area contributed by atoms with Crippen LogP contribution in [0.2, 0.25) is 0 Å². The van der Waals surface area contributed by atoms with Gasteiger partial charge in [0.25, 0.3) is 5.56 Å². The second-order valence-corrected chi connectivity index (χ2v) is 7.81. The van der Waals surface area contributed by atoms with Crippen molar-refractivity contribution in [2.24, 2.45) is 5.10 Å². The first-order valence-electron chi connectivity index (χ1n) is 10.5. The smallest absolute Gasteiger partial charge is 0.268 e. The van der Waals surface area contributed by atoms with Crippen LogP contribution in [0.25, 0.3) is 38.9 Å². The fraction of sp³-hybridized carbons (Fsp3) is 0.0385. The van der Waals surface area contributed by atoms with E-state index in [1.807, 2.05) is 85.8 Å². The third kappa shape index (κ3) is 3.18. The Labute approximate surface area is 188 Å². The van der Waals surface area contributed by atoms with E-state index >= 15 is 0 Å². The van der Waals surface area contributed by atoms with Crippen LogP contribution in [-0.4, -0.2) is 30.4 Å². The summed E-state index contributed by atoms with van der Waals surface area (Å²) < 4.78 is 3.13. The zero-order valence-corrected chi connectivity index (χ0v) is 17.8. The Bertz CT molecular complexity index is 1730. The van der Waals surface area contributed by atoms with E-state index in [9.17, 15) is 4.79 Å². The molecule has 6 rings (SSSR count). The van der Waals surface area contributed by atoms with Crippen molar-refractivity contribution in [1.82, 2.24) is 24.2 Å². The molecular formula is C26H18N6O. The molecule has 3 aromatic carbocycles. The maximum Gasteiger partial charge on any atom is 0.269 e. The highest BCUT2D eigenvalue weighted by atomic mass is 16.1. The van der Waals surface area contributed by atoms with E-state index in [1.54, 1.807) is 10.9 Å². The number of hydrogen-bond acceptors (Lipinski definition) is 5. The number of aromatic nitrogens is 5. The lowest BCUT2D eigenvalue weighted by Crippen LogP contribution is -2.18. The van der Waals surface area contributed by atoms with Crippen LogP contribution in [0.4, 0.5) is 0 Å². The Balaban J connectivity index is 1.68. The average Bonchev–Trinajstić information content (AvgIpc) is 3.16. The second kappa shape index (κ2) is 7.49. The Morgan fingerprint density at radius 3 is 2.27 bits per heavy atom. The molecule has 0 amide bonds. The van der Waals surface area contributed by atoms with Gasteiger partial charge < -0.3 is 0 Å². The van der Waals surface area contributed by atoms with Crippen molar-refractivity contribution in [3.8, 4) is 5.69 Å². The fourth-order valence-corrected chi connectivity index (χ4v) is 3.88. The summed E-state index contributed by atoms with van der Waals surface area (Å²) >= 11 is 0. The minimum atomic E-state index is -0.216. The van der Waals surface area contributed by atoms with Gasteiger partial charge in [-0.25, -0.2) is 15.0 Å². The number of benzene rings is 3. The molecule has 3 heterocycles. The third-order valence-corrected chi connectivity index (χ3v) is 5.58. The van der Waals surface area contributed by atoms with Crippen LogP contribution in [-0.2, 0) is 0 Å². The molecule has 0 bridgehead atoms. The average molecular weight is 430 g/mol. The van der Waals surface area contributed by atoms with Gasteiger partial charge in [-0.1, -0.05) is 60.2 Å². The second-order valence-electron chi connectivity index (χ2n) is 7.81. The van der Waals surface area contributed by atoms with Crippen molar-refractivity contribution in [2.45, 2.75) is 6.92 Å². The van der Waals surface area contributed by atoms with Gasteiger partial charge in [-0.3, -0.25) is 9.36 Å². The van der Waals surface area contributed by atoms with Crippen LogP contribution in [0, 0.1) is 6.92 Å². The number of aryl methyl sites for hydroxylation is 1. The Hall–Kier alpha value is -4.65. The predicted octanol–water partition coefficient (Wildman–Crippen LogP) is 4.47. The Morgan fingerprint density at radius 2 is 1.52 bits per heavy atom. The summed E-state index contributed by atoms with van der Waals surface area (Å²) in [6.07, 6.45) is 3.26. The normalized spacial score (nSPS) is 11.8. The van der Waals surface area contributed by atoms with Crippen LogP contribution in [0.3, 0.4) is 0 Å². The third-order valence-electron chi connectivity index (χ3n) is 5.58. The molecule has 0 saturated heterocycles. The molecule has 33 heavy (non-hydrogen) atoms. The Kier molecular flexibility index (Phi) is 4.33. The lowest BCUT2D eigenvalue weighted by molar-refractivity contribution is 0.906. The van der Waals surface area contributed by atoms with Crippen molar-refractivity contribution in [3.05, 3.63) is 107 Å². The van der Waals surface area contributed by atoms with E-state index in [1.165, 1.54) is 10.9 Å². The molecule has 0 aliphatic rings. The summed E-state index contributed by atoms with van der Waals surface area (Å²) in [5.41, 5.74) is 5.38. The van der Waals surface area contributed by atoms with Gasteiger partial charge in [-0.2, -0.15) is 9.78 Å². The maximum absolute atomic E-state index is 13.6. The molecule has 6 aromatic rings. The summed E-state index contributed by atoms with van der Waals surface area (Å²) in [6, 6.07) is 25.1. The van der Waals surface area contributed by atoms with E-state index in [0.717, 1.165) is 22.3 Å². The van der Waals surface area contributed by atoms with Crippen molar-refractivity contribution in [1.29, 1.82) is 0 Å². The summed E-state index contributed by atoms with van der Waals surface area (Å²) in [5.74, 6) is 0. The monoisotopic (exact) mass is 430 g/mol. The number of hydrogen-bond donors (Lipinski definition) is 0. The molecule has 0 spiro atoms. The van der Waals surface area contributed by atoms with Gasteiger partial charge in [0.15, 0.2) is 11.3 Å². The van der Waals surface area contributed by atoms with Gasteiger partial charge in [-0.15, -0.1) is 0 Å². The molecule has 0 aliphatic carbocycles. The summed E-state index contributed by atoms with van der Waals surface area (Å²) in [5, 5.41) is 5.02. The van der Waals surface area contributed by atoms with E-state index < -0.39 is 0 Å². The van der Waals surface area contributed by atoms with Crippen LogP contribution >= 0.6 is 0 Å². The van der Waals surface area contributed by atoms with Crippen molar-refractivity contribution in [3.63, 3.8) is 0 Å². The van der Waals surface area contributed by atoms with Gasteiger partial charge in [0.05, 0.1) is 22.9 Å². The van der Waals surface area contributed by atoms with Crippen LogP contribution in [0.1, 0.15) is 11.1 Å². The molecule has 0 radical (unpaired) electrons. The van der Waals surface area contributed by atoms with Crippen molar-refractivity contribution in [2.75, 3.05) is 0 Å². The Morgan fingerprint density at radius 1 is 0.818 bits per heavy atom. The molecule has 7 nitrogen and oxygen atoms in total. The van der Waals surface area contributed by atoms with Crippen LogP contribution in [0.15, 0.2) is 95.1 Å². The first kappa shape index (κ1) is 19.1. The number of rotatable bonds is 3. The molecule has 0 fully saturated rings. The van der Waals surface area contributed by atoms with Crippen LogP contribution < -0.4 is 5.56 Å². The number of fused-ring (bicyclic) bond motifs is 4. The van der Waals surface area contributed by atoms with Gasteiger partial charge >= 0.3 is 0 Å². The molecule has 0 aliphatic heterocycles. The molecule has 0 saturated carbocycles. The molecular weight excluding hydrogens is 412 g/mol. The lowest BCUT2D eigenvalue weighted by atomic mass is 10.2. The summed E-state index contributed by atoms with van der Waals surface area (Å²) in [6.45, 7) is 2.01. The molecule has 3 aromatic heterocycles. The topological polar surface area (TPSA) is 78.0 Å². The van der Waals surface area contributed by atoms with E-state index in [4.69, 9.17) is 9.97 Å². The van der Waals surface area contributed by atoms with Crippen molar-refractivity contribution < 1.29 is 0 Å². The highest BCUT2D eigenvalue weighted by molar-refractivity contribution is 6.05. The first-order valence-corrected chi connectivity index (χ1v) is 10.5. The predicted molar refractivity (Wildman–Crippen MR) is 130 cm³/mol. The number of para-hydroxylation sites is 2. The summed E-state index contributed by atoms with van der Waals surface area (Å²) in [4.78, 5) is 27.8. The minimum Gasteiger partial charge on any atom is -0.268 e. The minimum absolute atomic E-state index is 0.216. The van der Waals surface area contributed by atoms with E-state index in [0.29, 0.717) is 27.7 Å². The number of nitrogens with zero attached hydrogens (tertiary/aromatic N) is 6. The lowest BCUT2D eigenvalue weighted by Gasteiger charge is -2.05. The van der Waals surface area contributed by atoms with Gasteiger partial charge in [0, 0.05) is 0 Å². The molecule has 158 valence electrons. The van der Waals surface area contributed by atoms with Crippen LogP contribution in [0.5, 0.6) is 0 Å². The zero-order chi connectivity index (χ0) is 22.4. The van der Waals surface area contributed by atoms with Gasteiger partial charge in [0.1, 0.15) is 17.2 Å². The van der Waals surface area contributed by atoms with E-state index in [2.05, 4.69) is 10.1 Å². The molecule has 7 heteroatoms. The van der Waals surface area contributed by atoms with E-state index in [-0.39, 0.29) is 5.56 Å². The van der Waals surface area contributed by atoms with Gasteiger partial charge in [0.2, 0.25) is 0 Å². The quantitative estimate of drug-likeness (QED) is 0.388. The molecule has 0 atom stereocenters. The highest BCUT2D eigenvalue weighted by Crippen LogP contribution is 2.25.